The third-order valence-corrected chi connectivity index (χ3v) is 4.32. The number of benzene rings is 2. The van der Waals surface area contributed by atoms with Crippen molar-refractivity contribution in [3.8, 4) is 0 Å². The highest BCUT2D eigenvalue weighted by Gasteiger charge is 2.05. The van der Waals surface area contributed by atoms with Crippen molar-refractivity contribution in [3.05, 3.63) is 71.8 Å². The van der Waals surface area contributed by atoms with Gasteiger partial charge in [0.25, 0.3) is 0 Å². The van der Waals surface area contributed by atoms with Gasteiger partial charge in [0, 0.05) is 6.54 Å². The second kappa shape index (κ2) is 11.4. The maximum atomic E-state index is 5.61. The summed E-state index contributed by atoms with van der Waals surface area (Å²) in [4.78, 5) is 7.89. The summed E-state index contributed by atoms with van der Waals surface area (Å²) < 4.78 is 0. The normalized spacial score (nSPS) is 11.7. The maximum Gasteiger partial charge on any atom is 0.118 e. The molecule has 0 spiro atoms. The quantitative estimate of drug-likeness (QED) is 0.335. The van der Waals surface area contributed by atoms with Gasteiger partial charge in [0.15, 0.2) is 0 Å². The summed E-state index contributed by atoms with van der Waals surface area (Å²) in [5.41, 5.74) is 3.57. The van der Waals surface area contributed by atoms with Crippen LogP contribution in [-0.4, -0.2) is 37.4 Å². The van der Waals surface area contributed by atoms with Crippen LogP contribution >= 0.6 is 0 Å². The van der Waals surface area contributed by atoms with Gasteiger partial charge in [-0.05, 0) is 50.4 Å². The first kappa shape index (κ1) is 19.2. The van der Waals surface area contributed by atoms with E-state index in [1.54, 1.807) is 0 Å². The molecule has 0 saturated carbocycles. The number of oxime groups is 1. The minimum atomic E-state index is 0.666. The molecular weight excluding hydrogens is 308 g/mol. The molecule has 0 N–H and O–H groups in total. The topological polar surface area (TPSA) is 24.8 Å². The minimum Gasteiger partial charge on any atom is -0.396 e. The maximum absolute atomic E-state index is 5.61. The molecule has 2 rings (SSSR count). The Balaban J connectivity index is 1.86. The fourth-order valence-corrected chi connectivity index (χ4v) is 2.66. The van der Waals surface area contributed by atoms with Gasteiger partial charge in [0.2, 0.25) is 0 Å². The molecule has 0 fully saturated rings. The van der Waals surface area contributed by atoms with Crippen molar-refractivity contribution in [2.45, 2.75) is 32.6 Å². The van der Waals surface area contributed by atoms with Crippen molar-refractivity contribution in [2.75, 3.05) is 26.7 Å². The number of nitrogens with zero attached hydrogens (tertiary/aromatic N) is 2. The Morgan fingerprint density at radius 1 is 0.960 bits per heavy atom. The van der Waals surface area contributed by atoms with Crippen LogP contribution in [0.25, 0.3) is 0 Å². The molecule has 0 heterocycles. The monoisotopic (exact) mass is 338 g/mol. The molecule has 0 aliphatic carbocycles. The van der Waals surface area contributed by atoms with Gasteiger partial charge in [0.05, 0.1) is 5.71 Å². The van der Waals surface area contributed by atoms with E-state index in [4.69, 9.17) is 4.84 Å². The number of hydrogen-bond donors (Lipinski definition) is 0. The van der Waals surface area contributed by atoms with Crippen molar-refractivity contribution in [1.82, 2.24) is 4.90 Å². The summed E-state index contributed by atoms with van der Waals surface area (Å²) in [6.45, 7) is 4.94. The van der Waals surface area contributed by atoms with Gasteiger partial charge < -0.3 is 9.74 Å². The Kier molecular flexibility index (Phi) is 8.78. The number of rotatable bonds is 11. The molecule has 25 heavy (non-hydrogen) atoms. The second-order valence-electron chi connectivity index (χ2n) is 6.33. The largest absolute Gasteiger partial charge is 0.396 e. The molecule has 3 heteroatoms. The van der Waals surface area contributed by atoms with E-state index in [-0.39, 0.29) is 0 Å². The average molecular weight is 338 g/mol. The van der Waals surface area contributed by atoms with Crippen LogP contribution in [0.3, 0.4) is 0 Å². The van der Waals surface area contributed by atoms with Crippen molar-refractivity contribution < 1.29 is 4.84 Å². The average Bonchev–Trinajstić information content (AvgIpc) is 2.67. The zero-order valence-corrected chi connectivity index (χ0v) is 15.5. The number of hydrogen-bond acceptors (Lipinski definition) is 3. The van der Waals surface area contributed by atoms with Crippen LogP contribution < -0.4 is 0 Å². The predicted molar refractivity (Wildman–Crippen MR) is 106 cm³/mol. The molecule has 0 aliphatic heterocycles. The van der Waals surface area contributed by atoms with Gasteiger partial charge in [-0.1, -0.05) is 72.7 Å². The van der Waals surface area contributed by atoms with Gasteiger partial charge in [-0.3, -0.25) is 0 Å². The van der Waals surface area contributed by atoms with Crippen LogP contribution in [0.4, 0.5) is 0 Å². The molecule has 2 aromatic carbocycles. The molecule has 0 aromatic heterocycles. The van der Waals surface area contributed by atoms with Crippen LogP contribution in [0, 0.1) is 0 Å². The highest BCUT2D eigenvalue weighted by molar-refractivity contribution is 6.00. The Morgan fingerprint density at radius 2 is 1.64 bits per heavy atom. The van der Waals surface area contributed by atoms with E-state index < -0.39 is 0 Å². The molecule has 0 radical (unpaired) electrons. The van der Waals surface area contributed by atoms with Gasteiger partial charge in [0.1, 0.15) is 6.61 Å². The Labute approximate surface area is 152 Å². The summed E-state index contributed by atoms with van der Waals surface area (Å²) in [6.07, 6.45) is 4.06. The van der Waals surface area contributed by atoms with Gasteiger partial charge in [-0.15, -0.1) is 0 Å². The van der Waals surface area contributed by atoms with Gasteiger partial charge in [-0.2, -0.15) is 0 Å². The molecule has 134 valence electrons. The Hall–Kier alpha value is -2.13. The fourth-order valence-electron chi connectivity index (χ4n) is 2.66. The highest BCUT2D eigenvalue weighted by atomic mass is 16.6. The van der Waals surface area contributed by atoms with Crippen LogP contribution in [0.5, 0.6) is 0 Å². The molecule has 0 atom stereocenters. The van der Waals surface area contributed by atoms with E-state index in [2.05, 4.69) is 78.6 Å². The lowest BCUT2D eigenvalue weighted by atomic mass is 10.0. The molecule has 0 amide bonds. The third-order valence-electron chi connectivity index (χ3n) is 4.32. The van der Waals surface area contributed by atoms with Crippen LogP contribution in [-0.2, 0) is 11.3 Å². The van der Waals surface area contributed by atoms with Crippen molar-refractivity contribution in [3.63, 3.8) is 0 Å². The Morgan fingerprint density at radius 3 is 2.32 bits per heavy atom. The summed E-state index contributed by atoms with van der Waals surface area (Å²) in [7, 11) is 2.13. The van der Waals surface area contributed by atoms with E-state index >= 15 is 0 Å². The van der Waals surface area contributed by atoms with Crippen molar-refractivity contribution >= 4 is 5.71 Å². The number of aryl methyl sites for hydroxylation is 1. The van der Waals surface area contributed by atoms with E-state index in [0.29, 0.717) is 6.61 Å². The van der Waals surface area contributed by atoms with Crippen LogP contribution in [0.2, 0.25) is 0 Å². The summed E-state index contributed by atoms with van der Waals surface area (Å²) in [5.74, 6) is 0. The van der Waals surface area contributed by atoms with Crippen LogP contribution in [0.15, 0.2) is 65.8 Å². The Bertz CT molecular complexity index is 610. The highest BCUT2D eigenvalue weighted by Crippen LogP contribution is 2.11. The first-order valence-corrected chi connectivity index (χ1v) is 9.26. The molecule has 0 bridgehead atoms. The molecule has 0 unspecified atom stereocenters. The second-order valence-corrected chi connectivity index (χ2v) is 6.33. The SMILES string of the molecule is CCN(C)CCCO/N=C(\CCCc1ccccc1)c1ccccc1. The smallest absolute Gasteiger partial charge is 0.118 e. The van der Waals surface area contributed by atoms with Gasteiger partial charge in [-0.25, -0.2) is 0 Å². The fraction of sp³-hybridized carbons (Fsp3) is 0.409. The lowest BCUT2D eigenvalue weighted by molar-refractivity contribution is 0.132. The third kappa shape index (κ3) is 7.53. The standard InChI is InChI=1S/C22H30N2O/c1-3-24(2)18-11-19-25-23-22(21-15-8-5-9-16-21)17-10-14-20-12-6-4-7-13-20/h4-9,12-13,15-16H,3,10-11,14,17-19H2,1-2H3/b23-22+. The molecule has 2 aromatic rings. The lowest BCUT2D eigenvalue weighted by Crippen LogP contribution is -2.19. The van der Waals surface area contributed by atoms with Crippen molar-refractivity contribution in [2.24, 2.45) is 5.16 Å². The van der Waals surface area contributed by atoms with Crippen LogP contribution in [0.1, 0.15) is 37.3 Å². The van der Waals surface area contributed by atoms with E-state index in [1.807, 2.05) is 6.07 Å². The van der Waals surface area contributed by atoms with Crippen molar-refractivity contribution in [1.29, 1.82) is 0 Å². The summed E-state index contributed by atoms with van der Waals surface area (Å²) in [6, 6.07) is 21.0. The summed E-state index contributed by atoms with van der Waals surface area (Å²) in [5, 5.41) is 4.45. The minimum absolute atomic E-state index is 0.666. The van der Waals surface area contributed by atoms with E-state index in [1.165, 1.54) is 5.56 Å². The first-order valence-electron chi connectivity index (χ1n) is 9.26. The zero-order chi connectivity index (χ0) is 17.7. The zero-order valence-electron chi connectivity index (χ0n) is 15.5. The molecule has 0 aliphatic rings. The lowest BCUT2D eigenvalue weighted by Gasteiger charge is -2.12. The molecular formula is C22H30N2O. The molecule has 0 saturated heterocycles. The van der Waals surface area contributed by atoms with E-state index in [0.717, 1.165) is 50.0 Å². The predicted octanol–water partition coefficient (Wildman–Crippen LogP) is 4.77. The first-order chi connectivity index (χ1) is 12.3. The van der Waals surface area contributed by atoms with Gasteiger partial charge >= 0.3 is 0 Å². The van der Waals surface area contributed by atoms with E-state index in [9.17, 15) is 0 Å². The molecule has 3 nitrogen and oxygen atoms in total. The summed E-state index contributed by atoms with van der Waals surface area (Å²) >= 11 is 0.